The molecular formula is C10H11IO3. The highest BCUT2D eigenvalue weighted by molar-refractivity contribution is 14.1. The number of carboxylic acids is 1. The molecule has 0 aliphatic rings. The minimum atomic E-state index is -0.815. The number of benzene rings is 1. The fourth-order valence-corrected chi connectivity index (χ4v) is 1.93. The molecule has 3 nitrogen and oxygen atoms in total. The average Bonchev–Trinajstić information content (AvgIpc) is 2.16. The van der Waals surface area contributed by atoms with Gasteiger partial charge in [0.05, 0.1) is 13.5 Å². The van der Waals surface area contributed by atoms with Crippen molar-refractivity contribution >= 4 is 28.6 Å². The van der Waals surface area contributed by atoms with Crippen LogP contribution in [0.25, 0.3) is 0 Å². The number of halogens is 1. The van der Waals surface area contributed by atoms with Crippen LogP contribution in [0.2, 0.25) is 0 Å². The molecule has 0 aliphatic heterocycles. The van der Waals surface area contributed by atoms with Crippen molar-refractivity contribution in [3.05, 3.63) is 29.3 Å². The van der Waals surface area contributed by atoms with Gasteiger partial charge in [-0.2, -0.15) is 0 Å². The predicted octanol–water partition coefficient (Wildman–Crippen LogP) is 2.26. The van der Waals surface area contributed by atoms with Crippen LogP contribution in [-0.2, 0) is 15.6 Å². The Morgan fingerprint density at radius 3 is 2.71 bits per heavy atom. The molecule has 0 aromatic heterocycles. The molecule has 0 amide bonds. The quantitative estimate of drug-likeness (QED) is 0.685. The van der Waals surface area contributed by atoms with E-state index >= 15 is 0 Å². The highest BCUT2D eigenvalue weighted by atomic mass is 127. The fraction of sp³-hybridized carbons (Fsp3) is 0.300. The van der Waals surface area contributed by atoms with Gasteiger partial charge in [-0.15, -0.1) is 0 Å². The number of alkyl halides is 1. The second-order valence-corrected chi connectivity index (χ2v) is 3.60. The summed E-state index contributed by atoms with van der Waals surface area (Å²) >= 11 is 2.22. The zero-order valence-corrected chi connectivity index (χ0v) is 9.95. The molecule has 76 valence electrons. The van der Waals surface area contributed by atoms with Crippen LogP contribution in [-0.4, -0.2) is 18.2 Å². The van der Waals surface area contributed by atoms with Crippen molar-refractivity contribution in [3.8, 4) is 5.75 Å². The van der Waals surface area contributed by atoms with Gasteiger partial charge in [0, 0.05) is 4.43 Å². The molecule has 4 heteroatoms. The van der Waals surface area contributed by atoms with Crippen LogP contribution >= 0.6 is 22.6 Å². The van der Waals surface area contributed by atoms with Gasteiger partial charge in [-0.3, -0.25) is 4.79 Å². The molecule has 0 heterocycles. The van der Waals surface area contributed by atoms with Gasteiger partial charge in [0.2, 0.25) is 0 Å². The van der Waals surface area contributed by atoms with Gasteiger partial charge in [0.25, 0.3) is 0 Å². The van der Waals surface area contributed by atoms with E-state index in [0.717, 1.165) is 15.6 Å². The molecule has 1 aromatic carbocycles. The maximum absolute atomic E-state index is 10.6. The first kappa shape index (κ1) is 11.3. The first-order chi connectivity index (χ1) is 6.67. The highest BCUT2D eigenvalue weighted by Gasteiger charge is 2.07. The van der Waals surface area contributed by atoms with Crippen LogP contribution in [0.5, 0.6) is 5.75 Å². The number of aliphatic carboxylic acids is 1. The maximum atomic E-state index is 10.6. The monoisotopic (exact) mass is 306 g/mol. The zero-order valence-electron chi connectivity index (χ0n) is 7.79. The number of methoxy groups -OCH3 is 1. The van der Waals surface area contributed by atoms with E-state index in [1.54, 1.807) is 13.2 Å². The summed E-state index contributed by atoms with van der Waals surface area (Å²) in [6, 6.07) is 5.53. The summed E-state index contributed by atoms with van der Waals surface area (Å²) in [6.07, 6.45) is 0.0511. The van der Waals surface area contributed by atoms with Gasteiger partial charge in [-0.25, -0.2) is 0 Å². The Labute approximate surface area is 96.2 Å². The van der Waals surface area contributed by atoms with E-state index in [0.29, 0.717) is 5.75 Å². The summed E-state index contributed by atoms with van der Waals surface area (Å²) in [5, 5.41) is 8.71. The number of carboxylic acid groups (broad SMARTS) is 1. The lowest BCUT2D eigenvalue weighted by Crippen LogP contribution is -2.03. The summed E-state index contributed by atoms with van der Waals surface area (Å²) in [6.45, 7) is 0. The van der Waals surface area contributed by atoms with Crippen LogP contribution in [0.1, 0.15) is 11.1 Å². The Morgan fingerprint density at radius 2 is 2.21 bits per heavy atom. The average molecular weight is 306 g/mol. The Hall–Kier alpha value is -0.780. The van der Waals surface area contributed by atoms with E-state index in [2.05, 4.69) is 22.6 Å². The van der Waals surface area contributed by atoms with E-state index < -0.39 is 5.97 Å². The summed E-state index contributed by atoms with van der Waals surface area (Å²) in [5.74, 6) is -0.112. The Kier molecular flexibility index (Phi) is 4.19. The van der Waals surface area contributed by atoms with E-state index in [4.69, 9.17) is 9.84 Å². The van der Waals surface area contributed by atoms with Crippen molar-refractivity contribution in [3.63, 3.8) is 0 Å². The molecular weight excluding hydrogens is 295 g/mol. The largest absolute Gasteiger partial charge is 0.497 e. The molecule has 0 unspecified atom stereocenters. The molecule has 0 aliphatic carbocycles. The Balaban J connectivity index is 3.01. The molecule has 0 fully saturated rings. The third kappa shape index (κ3) is 2.87. The molecule has 0 spiro atoms. The summed E-state index contributed by atoms with van der Waals surface area (Å²) in [7, 11) is 1.57. The minimum absolute atomic E-state index is 0.0511. The van der Waals surface area contributed by atoms with Gasteiger partial charge in [-0.05, 0) is 23.3 Å². The molecule has 0 saturated carbocycles. The normalized spacial score (nSPS) is 9.86. The van der Waals surface area contributed by atoms with Gasteiger partial charge >= 0.3 is 5.97 Å². The van der Waals surface area contributed by atoms with E-state index in [1.165, 1.54) is 0 Å². The lowest BCUT2D eigenvalue weighted by molar-refractivity contribution is -0.136. The fourth-order valence-electron chi connectivity index (χ4n) is 1.19. The summed E-state index contributed by atoms with van der Waals surface area (Å²) in [5.41, 5.74) is 1.88. The first-order valence-electron chi connectivity index (χ1n) is 4.11. The van der Waals surface area contributed by atoms with Crippen LogP contribution in [0.4, 0.5) is 0 Å². The zero-order chi connectivity index (χ0) is 10.6. The third-order valence-electron chi connectivity index (χ3n) is 1.90. The minimum Gasteiger partial charge on any atom is -0.497 e. The van der Waals surface area contributed by atoms with Crippen molar-refractivity contribution in [2.75, 3.05) is 7.11 Å². The predicted molar refractivity (Wildman–Crippen MR) is 62.1 cm³/mol. The lowest BCUT2D eigenvalue weighted by Gasteiger charge is -2.07. The van der Waals surface area contributed by atoms with Crippen molar-refractivity contribution in [2.24, 2.45) is 0 Å². The summed E-state index contributed by atoms with van der Waals surface area (Å²) < 4.78 is 5.85. The molecule has 0 saturated heterocycles. The Morgan fingerprint density at radius 1 is 1.50 bits per heavy atom. The van der Waals surface area contributed by atoms with Crippen molar-refractivity contribution < 1.29 is 14.6 Å². The van der Waals surface area contributed by atoms with Gasteiger partial charge in [-0.1, -0.05) is 28.7 Å². The van der Waals surface area contributed by atoms with Crippen LogP contribution in [0.15, 0.2) is 18.2 Å². The number of hydrogen-bond donors (Lipinski definition) is 1. The third-order valence-corrected chi connectivity index (χ3v) is 2.72. The van der Waals surface area contributed by atoms with Gasteiger partial charge in [0.15, 0.2) is 0 Å². The topological polar surface area (TPSA) is 46.5 Å². The van der Waals surface area contributed by atoms with E-state index in [9.17, 15) is 4.79 Å². The van der Waals surface area contributed by atoms with Crippen molar-refractivity contribution in [1.82, 2.24) is 0 Å². The standard InChI is InChI=1S/C10H11IO3/c1-14-9-3-2-7(6-11)8(4-9)5-10(12)13/h2-4H,5-6H2,1H3,(H,12,13). The molecule has 0 radical (unpaired) electrons. The molecule has 1 rings (SSSR count). The number of ether oxygens (including phenoxy) is 1. The number of rotatable bonds is 4. The van der Waals surface area contributed by atoms with Crippen LogP contribution < -0.4 is 4.74 Å². The van der Waals surface area contributed by atoms with Crippen molar-refractivity contribution in [1.29, 1.82) is 0 Å². The second kappa shape index (κ2) is 5.19. The second-order valence-electron chi connectivity index (χ2n) is 2.84. The number of carbonyl (C=O) groups is 1. The van der Waals surface area contributed by atoms with E-state index in [1.807, 2.05) is 12.1 Å². The molecule has 0 atom stereocenters. The Bertz CT molecular complexity index is 336. The highest BCUT2D eigenvalue weighted by Crippen LogP contribution is 2.20. The molecule has 1 aromatic rings. The van der Waals surface area contributed by atoms with Crippen LogP contribution in [0, 0.1) is 0 Å². The number of hydrogen-bond acceptors (Lipinski definition) is 2. The molecule has 0 bridgehead atoms. The van der Waals surface area contributed by atoms with Crippen molar-refractivity contribution in [2.45, 2.75) is 10.8 Å². The lowest BCUT2D eigenvalue weighted by atomic mass is 10.1. The maximum Gasteiger partial charge on any atom is 0.307 e. The first-order valence-corrected chi connectivity index (χ1v) is 5.63. The van der Waals surface area contributed by atoms with Gasteiger partial charge in [0.1, 0.15) is 5.75 Å². The van der Waals surface area contributed by atoms with Gasteiger partial charge < -0.3 is 9.84 Å². The van der Waals surface area contributed by atoms with E-state index in [-0.39, 0.29) is 6.42 Å². The van der Waals surface area contributed by atoms with Crippen LogP contribution in [0.3, 0.4) is 0 Å². The molecule has 1 N–H and O–H groups in total. The summed E-state index contributed by atoms with van der Waals surface area (Å²) in [4.78, 5) is 10.6. The SMILES string of the molecule is COc1ccc(CI)c(CC(=O)O)c1. The molecule has 14 heavy (non-hydrogen) atoms. The smallest absolute Gasteiger partial charge is 0.307 e.